The number of anilines is 1. The fourth-order valence-corrected chi connectivity index (χ4v) is 6.62. The van der Waals surface area contributed by atoms with Gasteiger partial charge in [0, 0.05) is 35.2 Å². The van der Waals surface area contributed by atoms with Crippen LogP contribution in [0.4, 0.5) is 19.3 Å². The number of nitrogens with two attached hydrogens (primary N) is 1. The number of benzene rings is 2. The van der Waals surface area contributed by atoms with Crippen molar-refractivity contribution in [2.75, 3.05) is 19.5 Å². The monoisotopic (exact) mass is 581 g/mol. The van der Waals surface area contributed by atoms with Gasteiger partial charge in [-0.25, -0.2) is 13.2 Å². The molecule has 2 heterocycles. The Morgan fingerprint density at radius 2 is 1.87 bits per heavy atom. The van der Waals surface area contributed by atoms with Crippen LogP contribution in [0.5, 0.6) is 17.2 Å². The molecular weight excluding hydrogens is 560 g/mol. The Kier molecular flexibility index (Phi) is 8.08. The number of urea groups is 1. The highest BCUT2D eigenvalue weighted by Gasteiger charge is 2.33. The first-order valence-electron chi connectivity index (χ1n) is 10.9. The molecule has 4 aromatic rings. The van der Waals surface area contributed by atoms with Gasteiger partial charge >= 0.3 is 17.8 Å². The first kappa shape index (κ1) is 27.9. The first-order valence-corrected chi connectivity index (χ1v) is 13.6. The number of carbonyl (C=O) groups is 1. The van der Waals surface area contributed by atoms with E-state index in [-0.39, 0.29) is 44.6 Å². The zero-order chi connectivity index (χ0) is 28.3. The lowest BCUT2D eigenvalue weighted by Crippen LogP contribution is -2.21. The van der Waals surface area contributed by atoms with Gasteiger partial charge in [0.2, 0.25) is 0 Å². The second-order valence-corrected chi connectivity index (χ2v) is 10.8. The molecule has 4 rings (SSSR count). The van der Waals surface area contributed by atoms with E-state index in [1.807, 2.05) is 0 Å². The number of ether oxygens (including phenoxy) is 3. The average Bonchev–Trinajstić information content (AvgIpc) is 3.28. The number of primary amides is 1. The highest BCUT2D eigenvalue weighted by atomic mass is 32.2. The molecule has 2 aromatic heterocycles. The summed E-state index contributed by atoms with van der Waals surface area (Å²) >= 11 is -2.14. The molecule has 1 unspecified atom stereocenters. The molecule has 3 N–H and O–H groups in total. The Balaban J connectivity index is 1.86. The molecule has 0 saturated carbocycles. The van der Waals surface area contributed by atoms with Crippen LogP contribution >= 0.6 is 0 Å². The summed E-state index contributed by atoms with van der Waals surface area (Å²) in [4.78, 5) is 19.3. The molecule has 39 heavy (non-hydrogen) atoms. The maximum Gasteiger partial charge on any atom is 0.387 e. The average molecular weight is 582 g/mol. The van der Waals surface area contributed by atoms with E-state index >= 15 is 0 Å². The molecule has 0 saturated heterocycles. The topological polar surface area (TPSA) is 171 Å². The van der Waals surface area contributed by atoms with E-state index in [9.17, 15) is 26.5 Å². The van der Waals surface area contributed by atoms with Gasteiger partial charge < -0.3 is 29.8 Å². The van der Waals surface area contributed by atoms with Crippen molar-refractivity contribution in [3.8, 4) is 17.2 Å². The molecule has 0 spiro atoms. The number of hydrogen-bond acceptors (Lipinski definition) is 9. The lowest BCUT2D eigenvalue weighted by atomic mass is 10.3. The summed E-state index contributed by atoms with van der Waals surface area (Å²) in [6.07, 6.45) is 1.41. The molecule has 0 aliphatic carbocycles. The van der Waals surface area contributed by atoms with E-state index in [1.54, 1.807) is 0 Å². The van der Waals surface area contributed by atoms with Gasteiger partial charge in [0.25, 0.3) is 10.0 Å². The highest BCUT2D eigenvalue weighted by Crippen LogP contribution is 2.34. The third-order valence-corrected chi connectivity index (χ3v) is 8.33. The summed E-state index contributed by atoms with van der Waals surface area (Å²) in [5.74, 6) is -0.132. The summed E-state index contributed by atoms with van der Waals surface area (Å²) in [5.41, 5.74) is 5.43. The summed E-state index contributed by atoms with van der Waals surface area (Å²) in [6, 6.07) is 9.15. The minimum atomic E-state index is -4.51. The normalized spacial score (nSPS) is 12.4. The van der Waals surface area contributed by atoms with Gasteiger partial charge in [-0.3, -0.25) is 4.98 Å². The number of pyridine rings is 1. The molecular formula is C23H21F2N5O7S2. The van der Waals surface area contributed by atoms with Crippen LogP contribution in [0, 0.1) is 0 Å². The number of nitrogens with one attached hydrogen (secondary N) is 1. The third-order valence-electron chi connectivity index (χ3n) is 5.28. The maximum absolute atomic E-state index is 13.8. The number of fused-ring (bicyclic) bond motifs is 1. The fourth-order valence-electron chi connectivity index (χ4n) is 3.66. The molecule has 0 aliphatic heterocycles. The number of rotatable bonds is 10. The Labute approximate surface area is 223 Å². The molecule has 16 heteroatoms. The van der Waals surface area contributed by atoms with Gasteiger partial charge in [0.15, 0.2) is 17.3 Å². The van der Waals surface area contributed by atoms with Crippen molar-refractivity contribution >= 4 is 44.0 Å². The van der Waals surface area contributed by atoms with Crippen molar-refractivity contribution in [3.05, 3.63) is 60.4 Å². The number of aromatic nitrogens is 3. The quantitative estimate of drug-likeness (QED) is 0.267. The van der Waals surface area contributed by atoms with Crippen molar-refractivity contribution in [2.45, 2.75) is 22.4 Å². The van der Waals surface area contributed by atoms with E-state index in [0.717, 1.165) is 6.07 Å². The summed E-state index contributed by atoms with van der Waals surface area (Å²) in [6.45, 7) is -3.17. The molecule has 206 valence electrons. The molecule has 2 amide bonds. The van der Waals surface area contributed by atoms with Crippen LogP contribution in [0.25, 0.3) is 11.0 Å². The number of halogens is 2. The number of methoxy groups -OCH3 is 2. The lowest BCUT2D eigenvalue weighted by molar-refractivity contribution is -0.0497. The Bertz CT molecular complexity index is 1620. The van der Waals surface area contributed by atoms with Gasteiger partial charge in [-0.15, -0.1) is 0 Å². The number of alkyl halides is 2. The number of carbonyl (C=O) groups excluding carboxylic acids is 1. The third kappa shape index (κ3) is 5.81. The summed E-state index contributed by atoms with van der Waals surface area (Å²) in [7, 11) is -1.73. The Morgan fingerprint density at radius 3 is 2.49 bits per heavy atom. The highest BCUT2D eigenvalue weighted by molar-refractivity contribution is 7.93. The van der Waals surface area contributed by atoms with E-state index in [1.165, 1.54) is 62.9 Å². The number of amides is 2. The SMILES string of the molecule is COc1ccnc(C[S+]([O-])c2nc3ccc(OC(F)F)cc3n2S(=O)(=O)c2ccc(NC(N)=O)cc2)c1OC. The first-order chi connectivity index (χ1) is 18.5. The number of imidazole rings is 1. The minimum absolute atomic E-state index is 0.0566. The predicted octanol–water partition coefficient (Wildman–Crippen LogP) is 3.09. The summed E-state index contributed by atoms with van der Waals surface area (Å²) in [5, 5.41) is 1.91. The molecule has 12 nitrogen and oxygen atoms in total. The van der Waals surface area contributed by atoms with E-state index in [0.29, 0.717) is 9.72 Å². The molecule has 0 bridgehead atoms. The maximum atomic E-state index is 13.8. The smallest absolute Gasteiger partial charge is 0.387 e. The van der Waals surface area contributed by atoms with Crippen LogP contribution in [-0.4, -0.2) is 53.8 Å². The van der Waals surface area contributed by atoms with Crippen LogP contribution in [0.2, 0.25) is 0 Å². The Morgan fingerprint density at radius 1 is 1.15 bits per heavy atom. The van der Waals surface area contributed by atoms with E-state index < -0.39 is 39.0 Å². The van der Waals surface area contributed by atoms with Crippen molar-refractivity contribution < 1.29 is 40.8 Å². The number of nitrogens with zero attached hydrogens (tertiary/aromatic N) is 3. The molecule has 0 aliphatic rings. The van der Waals surface area contributed by atoms with Crippen molar-refractivity contribution in [3.63, 3.8) is 0 Å². The Hall–Kier alpha value is -4.15. The molecule has 2 aromatic carbocycles. The fraction of sp³-hybridized carbons (Fsp3) is 0.174. The minimum Gasteiger partial charge on any atom is -0.609 e. The van der Waals surface area contributed by atoms with Gasteiger partial charge in [0.1, 0.15) is 11.4 Å². The van der Waals surface area contributed by atoms with Gasteiger partial charge in [-0.1, -0.05) is 0 Å². The number of hydrogen-bond donors (Lipinski definition) is 2. The second kappa shape index (κ2) is 11.3. The molecule has 0 radical (unpaired) electrons. The zero-order valence-electron chi connectivity index (χ0n) is 20.3. The standard InChI is InChI=1S/C23H21F2N5O7S2/c1-35-19-9-10-27-17(20(19)36-2)12-38(32)23-29-16-8-5-14(37-21(24)25)11-18(16)30(23)39(33,34)15-6-3-13(4-7-15)28-22(26)31/h3-11,21H,12H2,1-2H3,(H3,26,28,31). The lowest BCUT2D eigenvalue weighted by Gasteiger charge is -2.15. The van der Waals surface area contributed by atoms with Gasteiger partial charge in [-0.2, -0.15) is 17.7 Å². The van der Waals surface area contributed by atoms with E-state index in [4.69, 9.17) is 15.2 Å². The predicted molar refractivity (Wildman–Crippen MR) is 136 cm³/mol. The van der Waals surface area contributed by atoms with Crippen LogP contribution in [0.1, 0.15) is 5.69 Å². The second-order valence-electron chi connectivity index (χ2n) is 7.69. The molecule has 1 atom stereocenters. The largest absolute Gasteiger partial charge is 0.609 e. The van der Waals surface area contributed by atoms with E-state index in [2.05, 4.69) is 20.0 Å². The van der Waals surface area contributed by atoms with Crippen molar-refractivity contribution in [1.29, 1.82) is 0 Å². The summed E-state index contributed by atoms with van der Waals surface area (Å²) < 4.78 is 82.7. The van der Waals surface area contributed by atoms with Crippen molar-refractivity contribution in [2.24, 2.45) is 5.73 Å². The van der Waals surface area contributed by atoms with Crippen LogP contribution in [0.15, 0.2) is 64.8 Å². The zero-order valence-corrected chi connectivity index (χ0v) is 22.0. The molecule has 0 fully saturated rings. The van der Waals surface area contributed by atoms with Crippen LogP contribution < -0.4 is 25.3 Å². The van der Waals surface area contributed by atoms with Gasteiger partial charge in [-0.05, 0) is 36.4 Å². The van der Waals surface area contributed by atoms with Crippen LogP contribution in [-0.2, 0) is 27.0 Å². The van der Waals surface area contributed by atoms with Crippen LogP contribution in [0.3, 0.4) is 0 Å². The van der Waals surface area contributed by atoms with Gasteiger partial charge in [0.05, 0.1) is 30.1 Å². The van der Waals surface area contributed by atoms with Crippen molar-refractivity contribution in [1.82, 2.24) is 13.9 Å².